The predicted molar refractivity (Wildman–Crippen MR) is 101 cm³/mol. The molecule has 1 aliphatic heterocycles. The number of nitrogens with zero attached hydrogens (tertiary/aromatic N) is 1. The quantitative estimate of drug-likeness (QED) is 0.807. The van der Waals surface area contributed by atoms with Gasteiger partial charge in [-0.2, -0.15) is 0 Å². The summed E-state index contributed by atoms with van der Waals surface area (Å²) in [5.74, 6) is -0.0652. The number of carbonyl (C=O) groups excluding carboxylic acids is 1. The molecule has 1 aliphatic rings. The molecule has 1 amide bonds. The van der Waals surface area contributed by atoms with Gasteiger partial charge in [0.05, 0.1) is 11.2 Å². The van der Waals surface area contributed by atoms with Crippen LogP contribution in [-0.2, 0) is 9.31 Å². The van der Waals surface area contributed by atoms with Crippen molar-refractivity contribution in [3.8, 4) is 0 Å². The van der Waals surface area contributed by atoms with E-state index in [0.717, 1.165) is 11.2 Å². The Morgan fingerprint density at radius 2 is 1.52 bits per heavy atom. The molecule has 0 saturated carbocycles. The number of benzene rings is 2. The number of para-hydroxylation sites is 1. The lowest BCUT2D eigenvalue weighted by molar-refractivity contribution is 0.00578. The van der Waals surface area contributed by atoms with Crippen molar-refractivity contribution in [2.24, 2.45) is 0 Å². The number of rotatable bonds is 3. The molecule has 130 valence electrons. The van der Waals surface area contributed by atoms with Crippen LogP contribution >= 0.6 is 0 Å². The monoisotopic (exact) mass is 337 g/mol. The third-order valence-corrected chi connectivity index (χ3v) is 5.11. The highest BCUT2D eigenvalue weighted by molar-refractivity contribution is 6.62. The van der Waals surface area contributed by atoms with Crippen molar-refractivity contribution in [3.05, 3.63) is 60.2 Å². The fourth-order valence-corrected chi connectivity index (χ4v) is 2.76. The van der Waals surface area contributed by atoms with E-state index in [2.05, 4.69) is 0 Å². The predicted octanol–water partition coefficient (Wildman–Crippen LogP) is 3.26. The van der Waals surface area contributed by atoms with E-state index < -0.39 is 18.3 Å². The maximum atomic E-state index is 12.8. The normalized spacial score (nSPS) is 18.2. The molecule has 2 aromatic rings. The number of hydrogen-bond donors (Lipinski definition) is 0. The van der Waals surface area contributed by atoms with Crippen LogP contribution in [-0.4, -0.2) is 31.3 Å². The van der Waals surface area contributed by atoms with Gasteiger partial charge in [0.1, 0.15) is 0 Å². The smallest absolute Gasteiger partial charge is 0.399 e. The molecule has 0 aliphatic carbocycles. The lowest BCUT2D eigenvalue weighted by Gasteiger charge is -2.32. The molecule has 3 rings (SSSR count). The second kappa shape index (κ2) is 6.32. The van der Waals surface area contributed by atoms with Gasteiger partial charge in [0.25, 0.3) is 5.91 Å². The molecule has 0 atom stereocenters. The van der Waals surface area contributed by atoms with Gasteiger partial charge in [0, 0.05) is 18.3 Å². The summed E-state index contributed by atoms with van der Waals surface area (Å²) in [7, 11) is 1.30. The Hall–Kier alpha value is -2.11. The average Bonchev–Trinajstić information content (AvgIpc) is 2.82. The highest BCUT2D eigenvalue weighted by Crippen LogP contribution is 2.36. The molecule has 1 fully saturated rings. The molecular formula is C20H24BNO3. The Labute approximate surface area is 149 Å². The first-order valence-electron chi connectivity index (χ1n) is 8.50. The minimum absolute atomic E-state index is 0.0652. The first-order valence-corrected chi connectivity index (χ1v) is 8.50. The number of anilines is 1. The van der Waals surface area contributed by atoms with Gasteiger partial charge in [0.2, 0.25) is 0 Å². The molecule has 2 aromatic carbocycles. The molecule has 0 N–H and O–H groups in total. The zero-order valence-corrected chi connectivity index (χ0v) is 15.4. The van der Waals surface area contributed by atoms with Crippen molar-refractivity contribution in [1.82, 2.24) is 0 Å². The lowest BCUT2D eigenvalue weighted by Crippen LogP contribution is -2.41. The van der Waals surface area contributed by atoms with Gasteiger partial charge >= 0.3 is 7.12 Å². The van der Waals surface area contributed by atoms with Crippen molar-refractivity contribution in [2.75, 3.05) is 11.9 Å². The molecule has 1 heterocycles. The molecule has 0 bridgehead atoms. The fraction of sp³-hybridized carbons (Fsp3) is 0.350. The van der Waals surface area contributed by atoms with Gasteiger partial charge in [-0.25, -0.2) is 0 Å². The van der Waals surface area contributed by atoms with Crippen molar-refractivity contribution in [1.29, 1.82) is 0 Å². The SMILES string of the molecule is CN(C(=O)c1cccc(B2OC(C)(C)C(C)(C)O2)c1)c1ccccc1. The van der Waals surface area contributed by atoms with E-state index in [4.69, 9.17) is 9.31 Å². The van der Waals surface area contributed by atoms with Crippen LogP contribution < -0.4 is 10.4 Å². The maximum absolute atomic E-state index is 12.8. The third-order valence-electron chi connectivity index (χ3n) is 5.11. The summed E-state index contributed by atoms with van der Waals surface area (Å²) in [5, 5.41) is 0. The molecule has 0 radical (unpaired) electrons. The number of amides is 1. The van der Waals surface area contributed by atoms with Crippen molar-refractivity contribution in [3.63, 3.8) is 0 Å². The van der Waals surface area contributed by atoms with Crippen LogP contribution in [0.5, 0.6) is 0 Å². The van der Waals surface area contributed by atoms with Crippen molar-refractivity contribution >= 4 is 24.2 Å². The van der Waals surface area contributed by atoms with Crippen LogP contribution in [0, 0.1) is 0 Å². The van der Waals surface area contributed by atoms with Gasteiger partial charge in [0.15, 0.2) is 0 Å². The molecule has 0 spiro atoms. The first-order chi connectivity index (χ1) is 11.7. The van der Waals surface area contributed by atoms with Gasteiger partial charge in [-0.05, 0) is 57.4 Å². The average molecular weight is 337 g/mol. The lowest BCUT2D eigenvalue weighted by atomic mass is 9.78. The number of carbonyl (C=O) groups is 1. The Morgan fingerprint density at radius 1 is 0.920 bits per heavy atom. The van der Waals surface area contributed by atoms with Crippen molar-refractivity contribution in [2.45, 2.75) is 38.9 Å². The minimum Gasteiger partial charge on any atom is -0.399 e. The Bertz CT molecular complexity index is 758. The van der Waals surface area contributed by atoms with E-state index in [1.54, 1.807) is 11.9 Å². The van der Waals surface area contributed by atoms with Crippen LogP contribution in [0.3, 0.4) is 0 Å². The van der Waals surface area contributed by atoms with Crippen LogP contribution in [0.2, 0.25) is 0 Å². The largest absolute Gasteiger partial charge is 0.494 e. The van der Waals surface area contributed by atoms with Gasteiger partial charge in [-0.3, -0.25) is 4.79 Å². The third kappa shape index (κ3) is 3.35. The zero-order valence-electron chi connectivity index (χ0n) is 15.4. The van der Waals surface area contributed by atoms with E-state index >= 15 is 0 Å². The maximum Gasteiger partial charge on any atom is 0.494 e. The molecule has 0 unspecified atom stereocenters. The highest BCUT2D eigenvalue weighted by atomic mass is 16.7. The van der Waals surface area contributed by atoms with Crippen molar-refractivity contribution < 1.29 is 14.1 Å². The van der Waals surface area contributed by atoms with E-state index in [1.807, 2.05) is 82.3 Å². The van der Waals surface area contributed by atoms with E-state index in [-0.39, 0.29) is 5.91 Å². The summed E-state index contributed by atoms with van der Waals surface area (Å²) < 4.78 is 12.2. The summed E-state index contributed by atoms with van der Waals surface area (Å²) in [6.45, 7) is 8.08. The summed E-state index contributed by atoms with van der Waals surface area (Å²) in [4.78, 5) is 14.5. The summed E-state index contributed by atoms with van der Waals surface area (Å²) in [6, 6.07) is 17.1. The Balaban J connectivity index is 1.84. The van der Waals surface area contributed by atoms with Crippen LogP contribution in [0.25, 0.3) is 0 Å². The van der Waals surface area contributed by atoms with Crippen LogP contribution in [0.4, 0.5) is 5.69 Å². The van der Waals surface area contributed by atoms with Gasteiger partial charge < -0.3 is 14.2 Å². The van der Waals surface area contributed by atoms with Crippen LogP contribution in [0.1, 0.15) is 38.1 Å². The molecule has 4 nitrogen and oxygen atoms in total. The van der Waals surface area contributed by atoms with Crippen LogP contribution in [0.15, 0.2) is 54.6 Å². The molecule has 1 saturated heterocycles. The fourth-order valence-electron chi connectivity index (χ4n) is 2.76. The van der Waals surface area contributed by atoms with Gasteiger partial charge in [-0.15, -0.1) is 0 Å². The topological polar surface area (TPSA) is 38.8 Å². The highest BCUT2D eigenvalue weighted by Gasteiger charge is 2.51. The minimum atomic E-state index is -0.472. The summed E-state index contributed by atoms with van der Waals surface area (Å²) in [6.07, 6.45) is 0. The molecule has 5 heteroatoms. The molecule has 25 heavy (non-hydrogen) atoms. The van der Waals surface area contributed by atoms with E-state index in [1.165, 1.54) is 0 Å². The standard InChI is InChI=1S/C20H24BNO3/c1-19(2)20(3,4)25-21(24-19)16-11-9-10-15(14-16)18(23)22(5)17-12-7-6-8-13-17/h6-14H,1-5H3. The summed E-state index contributed by atoms with van der Waals surface area (Å²) in [5.41, 5.74) is 1.51. The van der Waals surface area contributed by atoms with Gasteiger partial charge in [-0.1, -0.05) is 30.3 Å². The molecule has 0 aromatic heterocycles. The number of hydrogen-bond acceptors (Lipinski definition) is 3. The zero-order chi connectivity index (χ0) is 18.2. The van der Waals surface area contributed by atoms with E-state index in [9.17, 15) is 4.79 Å². The molecular weight excluding hydrogens is 313 g/mol. The first kappa shape index (κ1) is 17.7. The Kier molecular flexibility index (Phi) is 4.48. The van der Waals surface area contributed by atoms with E-state index in [0.29, 0.717) is 5.56 Å². The second-order valence-electron chi connectivity index (χ2n) is 7.41. The summed E-state index contributed by atoms with van der Waals surface area (Å²) >= 11 is 0. The Morgan fingerprint density at radius 3 is 2.12 bits per heavy atom. The second-order valence-corrected chi connectivity index (χ2v) is 7.41.